The van der Waals surface area contributed by atoms with E-state index in [2.05, 4.69) is 10.4 Å². The first-order valence-electron chi connectivity index (χ1n) is 8.80. The topological polar surface area (TPSA) is 56.2 Å². The van der Waals surface area contributed by atoms with Gasteiger partial charge in [0.05, 0.1) is 35.5 Å². The largest absolute Gasteiger partial charge is 0.416 e. The zero-order chi connectivity index (χ0) is 19.8. The zero-order valence-corrected chi connectivity index (χ0v) is 15.4. The van der Waals surface area contributed by atoms with Gasteiger partial charge in [0, 0.05) is 17.9 Å². The van der Waals surface area contributed by atoms with Crippen molar-refractivity contribution >= 4 is 5.91 Å². The number of amides is 1. The highest BCUT2D eigenvalue weighted by Gasteiger charge is 2.31. The number of hydrogen-bond donors (Lipinski definition) is 1. The monoisotopic (exact) mass is 381 g/mol. The molecule has 1 aliphatic heterocycles. The first kappa shape index (κ1) is 19.4. The van der Waals surface area contributed by atoms with Crippen molar-refractivity contribution in [3.63, 3.8) is 0 Å². The number of nitrogens with one attached hydrogen (secondary N) is 1. The predicted molar refractivity (Wildman–Crippen MR) is 93.7 cm³/mol. The summed E-state index contributed by atoms with van der Waals surface area (Å²) >= 11 is 0. The zero-order valence-electron chi connectivity index (χ0n) is 15.4. The van der Waals surface area contributed by atoms with Crippen LogP contribution in [0.25, 0.3) is 5.69 Å². The standard InChI is InChI=1S/C19H22F3N3O2/c1-11-16(10-18(26)23-17-7-8-27-13(17)3)12(2)25(24-11)15-6-4-5-14(9-15)19(20,21)22/h4-6,9,13,17H,7-8,10H2,1-3H3,(H,23,26)/t13-,17-/m1/s1. The predicted octanol–water partition coefficient (Wildman–Crippen LogP) is 3.34. The van der Waals surface area contributed by atoms with Crippen molar-refractivity contribution in [3.8, 4) is 5.69 Å². The average molecular weight is 381 g/mol. The lowest BCUT2D eigenvalue weighted by atomic mass is 10.1. The molecule has 1 N–H and O–H groups in total. The molecule has 5 nitrogen and oxygen atoms in total. The van der Waals surface area contributed by atoms with Crippen LogP contribution in [0, 0.1) is 13.8 Å². The fourth-order valence-corrected chi connectivity index (χ4v) is 3.34. The van der Waals surface area contributed by atoms with Crippen molar-refractivity contribution in [2.45, 2.75) is 51.9 Å². The second kappa shape index (κ2) is 7.34. The van der Waals surface area contributed by atoms with E-state index in [0.717, 1.165) is 24.1 Å². The minimum Gasteiger partial charge on any atom is -0.376 e. The van der Waals surface area contributed by atoms with Gasteiger partial charge in [0.15, 0.2) is 0 Å². The number of aryl methyl sites for hydroxylation is 1. The molecule has 2 aromatic rings. The Labute approximate surface area is 155 Å². The van der Waals surface area contributed by atoms with Crippen LogP contribution < -0.4 is 5.32 Å². The highest BCUT2D eigenvalue weighted by Crippen LogP contribution is 2.31. The van der Waals surface area contributed by atoms with Gasteiger partial charge in [-0.1, -0.05) is 6.07 Å². The molecule has 1 saturated heterocycles. The van der Waals surface area contributed by atoms with E-state index in [9.17, 15) is 18.0 Å². The van der Waals surface area contributed by atoms with E-state index in [0.29, 0.717) is 23.7 Å². The molecule has 1 aromatic heterocycles. The molecule has 27 heavy (non-hydrogen) atoms. The maximum absolute atomic E-state index is 13.0. The number of ether oxygens (including phenoxy) is 1. The molecule has 0 radical (unpaired) electrons. The van der Waals surface area contributed by atoms with Gasteiger partial charge in [-0.25, -0.2) is 4.68 Å². The van der Waals surface area contributed by atoms with Gasteiger partial charge in [0.25, 0.3) is 0 Å². The molecular formula is C19H22F3N3O2. The van der Waals surface area contributed by atoms with Gasteiger partial charge in [0.1, 0.15) is 0 Å². The second-order valence-electron chi connectivity index (χ2n) is 6.82. The molecule has 0 aliphatic carbocycles. The van der Waals surface area contributed by atoms with Crippen molar-refractivity contribution in [1.29, 1.82) is 0 Å². The Morgan fingerprint density at radius 1 is 1.37 bits per heavy atom. The maximum Gasteiger partial charge on any atom is 0.416 e. The summed E-state index contributed by atoms with van der Waals surface area (Å²) in [6.07, 6.45) is -3.55. The molecule has 0 bridgehead atoms. The fraction of sp³-hybridized carbons (Fsp3) is 0.474. The Kier molecular flexibility index (Phi) is 5.28. The molecule has 1 aliphatic rings. The fourth-order valence-electron chi connectivity index (χ4n) is 3.34. The van der Waals surface area contributed by atoms with Gasteiger partial charge in [-0.2, -0.15) is 18.3 Å². The molecule has 146 valence electrons. The minimum absolute atomic E-state index is 0.0170. The van der Waals surface area contributed by atoms with Crippen molar-refractivity contribution in [3.05, 3.63) is 46.8 Å². The van der Waals surface area contributed by atoms with E-state index in [1.165, 1.54) is 10.7 Å². The van der Waals surface area contributed by atoms with Crippen LogP contribution in [0.4, 0.5) is 13.2 Å². The smallest absolute Gasteiger partial charge is 0.376 e. The maximum atomic E-state index is 13.0. The Hall–Kier alpha value is -2.35. The van der Waals surface area contributed by atoms with Crippen LogP contribution in [0.1, 0.15) is 35.9 Å². The van der Waals surface area contributed by atoms with Crippen LogP contribution in [0.3, 0.4) is 0 Å². The Bertz CT molecular complexity index is 845. The van der Waals surface area contributed by atoms with E-state index in [1.807, 2.05) is 6.92 Å². The van der Waals surface area contributed by atoms with Gasteiger partial charge >= 0.3 is 6.18 Å². The summed E-state index contributed by atoms with van der Waals surface area (Å²) in [5.41, 5.74) is 1.57. The summed E-state index contributed by atoms with van der Waals surface area (Å²) in [5.74, 6) is -0.146. The summed E-state index contributed by atoms with van der Waals surface area (Å²) in [4.78, 5) is 12.4. The lowest BCUT2D eigenvalue weighted by Gasteiger charge is -2.16. The summed E-state index contributed by atoms with van der Waals surface area (Å²) in [6.45, 7) is 6.04. The molecule has 0 spiro atoms. The van der Waals surface area contributed by atoms with Crippen LogP contribution in [0.2, 0.25) is 0 Å². The molecule has 1 aromatic carbocycles. The lowest BCUT2D eigenvalue weighted by molar-refractivity contribution is -0.137. The third-order valence-electron chi connectivity index (χ3n) is 4.92. The van der Waals surface area contributed by atoms with Crippen molar-refractivity contribution < 1.29 is 22.7 Å². The average Bonchev–Trinajstić information content (AvgIpc) is 3.12. The van der Waals surface area contributed by atoms with E-state index in [1.54, 1.807) is 19.9 Å². The van der Waals surface area contributed by atoms with E-state index in [-0.39, 0.29) is 24.5 Å². The summed E-state index contributed by atoms with van der Waals surface area (Å²) in [6, 6.07) is 4.98. The van der Waals surface area contributed by atoms with E-state index < -0.39 is 11.7 Å². The van der Waals surface area contributed by atoms with Gasteiger partial charge in [-0.15, -0.1) is 0 Å². The number of carbonyl (C=O) groups is 1. The number of nitrogens with zero attached hydrogens (tertiary/aromatic N) is 2. The van der Waals surface area contributed by atoms with Crippen LogP contribution in [-0.4, -0.2) is 34.4 Å². The minimum atomic E-state index is -4.42. The van der Waals surface area contributed by atoms with Crippen LogP contribution >= 0.6 is 0 Å². The van der Waals surface area contributed by atoms with Gasteiger partial charge < -0.3 is 10.1 Å². The van der Waals surface area contributed by atoms with E-state index in [4.69, 9.17) is 4.74 Å². The van der Waals surface area contributed by atoms with Crippen LogP contribution in [-0.2, 0) is 22.1 Å². The molecule has 0 saturated carbocycles. The Balaban J connectivity index is 1.82. The Morgan fingerprint density at radius 3 is 2.74 bits per heavy atom. The molecular weight excluding hydrogens is 359 g/mol. The number of benzene rings is 1. The quantitative estimate of drug-likeness (QED) is 0.884. The normalized spacial score (nSPS) is 20.1. The summed E-state index contributed by atoms with van der Waals surface area (Å²) in [7, 11) is 0. The number of rotatable bonds is 4. The number of alkyl halides is 3. The molecule has 2 atom stereocenters. The number of halogens is 3. The third-order valence-corrected chi connectivity index (χ3v) is 4.92. The molecule has 2 heterocycles. The van der Waals surface area contributed by atoms with Crippen molar-refractivity contribution in [2.75, 3.05) is 6.61 Å². The summed E-state index contributed by atoms with van der Waals surface area (Å²) in [5, 5.41) is 7.31. The van der Waals surface area contributed by atoms with Crippen molar-refractivity contribution in [1.82, 2.24) is 15.1 Å². The number of hydrogen-bond acceptors (Lipinski definition) is 3. The third kappa shape index (κ3) is 4.16. The second-order valence-corrected chi connectivity index (χ2v) is 6.82. The van der Waals surface area contributed by atoms with E-state index >= 15 is 0 Å². The highest BCUT2D eigenvalue weighted by molar-refractivity contribution is 5.79. The number of aromatic nitrogens is 2. The molecule has 0 unspecified atom stereocenters. The molecule has 8 heteroatoms. The first-order chi connectivity index (χ1) is 12.7. The van der Waals surface area contributed by atoms with Crippen molar-refractivity contribution in [2.24, 2.45) is 0 Å². The Morgan fingerprint density at radius 2 is 2.11 bits per heavy atom. The summed E-state index contributed by atoms with van der Waals surface area (Å²) < 4.78 is 45.8. The van der Waals surface area contributed by atoms with Gasteiger partial charge in [0.2, 0.25) is 5.91 Å². The SMILES string of the molecule is Cc1nn(-c2cccc(C(F)(F)F)c2)c(C)c1CC(=O)N[C@@H]1CCO[C@@H]1C. The first-order valence-corrected chi connectivity index (χ1v) is 8.80. The van der Waals surface area contributed by atoms with Crippen LogP contribution in [0.5, 0.6) is 0 Å². The molecule has 1 fully saturated rings. The van der Waals surface area contributed by atoms with Gasteiger partial charge in [-0.05, 0) is 45.4 Å². The van der Waals surface area contributed by atoms with Gasteiger partial charge in [-0.3, -0.25) is 4.79 Å². The molecule has 3 rings (SSSR count). The lowest BCUT2D eigenvalue weighted by Crippen LogP contribution is -2.40. The molecule has 1 amide bonds. The number of carbonyl (C=O) groups excluding carboxylic acids is 1. The highest BCUT2D eigenvalue weighted by atomic mass is 19.4. The van der Waals surface area contributed by atoms with Crippen LogP contribution in [0.15, 0.2) is 24.3 Å².